The van der Waals surface area contributed by atoms with E-state index in [9.17, 15) is 9.59 Å². The molecule has 0 bridgehead atoms. The number of nitrogens with zero attached hydrogens (tertiary/aromatic N) is 3. The number of rotatable bonds is 4. The summed E-state index contributed by atoms with van der Waals surface area (Å²) >= 11 is 5.98. The van der Waals surface area contributed by atoms with E-state index in [1.165, 1.54) is 14.0 Å². The van der Waals surface area contributed by atoms with Gasteiger partial charge in [0.2, 0.25) is 5.28 Å². The molecule has 0 saturated carbocycles. The van der Waals surface area contributed by atoms with E-state index in [0.717, 1.165) is 0 Å². The first kappa shape index (κ1) is 22.3. The van der Waals surface area contributed by atoms with Gasteiger partial charge in [-0.3, -0.25) is 4.79 Å². The lowest BCUT2D eigenvalue weighted by atomic mass is 10.1. The molecule has 3 rings (SSSR count). The minimum atomic E-state index is -0.947. The second kappa shape index (κ2) is 10.6. The summed E-state index contributed by atoms with van der Waals surface area (Å²) in [7, 11) is 1.42. The van der Waals surface area contributed by atoms with Gasteiger partial charge in [0.25, 0.3) is 5.91 Å². The fourth-order valence-electron chi connectivity index (χ4n) is 2.79. The van der Waals surface area contributed by atoms with Gasteiger partial charge in [0, 0.05) is 37.6 Å². The molecule has 9 nitrogen and oxygen atoms in total. The molecule has 1 aromatic carbocycles. The van der Waals surface area contributed by atoms with Crippen LogP contribution in [0.25, 0.3) is 0 Å². The number of carbonyl (C=O) groups is 2. The molecule has 1 unspecified atom stereocenters. The standard InChI is InChI=1S/C21H22ClN5O4/c1-14(31-21(29)23-2)19(28)25-17-5-3-4-15(12-17)6-7-16-13-24-20(22)26-18(16)27-8-10-30-11-9-27/h3-5,12-14H,8-11H2,1-2H3,(H,23,29)(H,25,28). The number of alkyl carbamates (subject to hydrolysis) is 1. The minimum Gasteiger partial charge on any atom is -0.436 e. The van der Waals surface area contributed by atoms with Gasteiger partial charge < -0.3 is 25.0 Å². The highest BCUT2D eigenvalue weighted by Gasteiger charge is 2.18. The van der Waals surface area contributed by atoms with Crippen LogP contribution in [0, 0.1) is 11.8 Å². The first-order valence-corrected chi connectivity index (χ1v) is 10.0. The zero-order valence-electron chi connectivity index (χ0n) is 17.1. The molecule has 2 N–H and O–H groups in total. The van der Waals surface area contributed by atoms with Crippen LogP contribution in [0.2, 0.25) is 5.28 Å². The number of ether oxygens (including phenoxy) is 2. The summed E-state index contributed by atoms with van der Waals surface area (Å²) in [4.78, 5) is 33.9. The lowest BCUT2D eigenvalue weighted by molar-refractivity contribution is -0.123. The first-order valence-electron chi connectivity index (χ1n) is 9.63. The Morgan fingerprint density at radius 2 is 2.06 bits per heavy atom. The number of anilines is 2. The highest BCUT2D eigenvalue weighted by Crippen LogP contribution is 2.20. The maximum Gasteiger partial charge on any atom is 0.407 e. The molecule has 0 aliphatic carbocycles. The molecule has 2 aromatic rings. The minimum absolute atomic E-state index is 0.157. The lowest BCUT2D eigenvalue weighted by Crippen LogP contribution is -2.37. The third kappa shape index (κ3) is 6.31. The van der Waals surface area contributed by atoms with E-state index in [2.05, 4.69) is 37.3 Å². The highest BCUT2D eigenvalue weighted by molar-refractivity contribution is 6.28. The van der Waals surface area contributed by atoms with Crippen molar-refractivity contribution < 1.29 is 19.1 Å². The van der Waals surface area contributed by atoms with Crippen LogP contribution in [-0.4, -0.2) is 61.4 Å². The Morgan fingerprint density at radius 1 is 1.29 bits per heavy atom. The van der Waals surface area contributed by atoms with E-state index in [1.54, 1.807) is 24.4 Å². The van der Waals surface area contributed by atoms with Crippen molar-refractivity contribution in [3.05, 3.63) is 46.9 Å². The van der Waals surface area contributed by atoms with Gasteiger partial charge in [-0.05, 0) is 36.7 Å². The Morgan fingerprint density at radius 3 is 2.81 bits per heavy atom. The maximum absolute atomic E-state index is 12.2. The Bertz CT molecular complexity index is 1010. The van der Waals surface area contributed by atoms with Crippen LogP contribution < -0.4 is 15.5 Å². The van der Waals surface area contributed by atoms with Crippen molar-refractivity contribution in [3.8, 4) is 11.8 Å². The summed E-state index contributed by atoms with van der Waals surface area (Å²) in [6.07, 6.45) is -0.0307. The van der Waals surface area contributed by atoms with E-state index in [0.29, 0.717) is 48.9 Å². The molecule has 0 radical (unpaired) electrons. The SMILES string of the molecule is CNC(=O)OC(C)C(=O)Nc1cccc(C#Cc2cnc(Cl)nc2N2CCOCC2)c1. The Kier molecular flexibility index (Phi) is 7.65. The van der Waals surface area contributed by atoms with Gasteiger partial charge in [0.05, 0.1) is 18.8 Å². The van der Waals surface area contributed by atoms with Gasteiger partial charge in [-0.15, -0.1) is 0 Å². The first-order chi connectivity index (χ1) is 15.0. The van der Waals surface area contributed by atoms with Gasteiger partial charge in [0.1, 0.15) is 5.82 Å². The number of amides is 2. The second-order valence-electron chi connectivity index (χ2n) is 6.59. The number of hydrogen-bond acceptors (Lipinski definition) is 7. The zero-order chi connectivity index (χ0) is 22.2. The monoisotopic (exact) mass is 443 g/mol. The number of benzene rings is 1. The van der Waals surface area contributed by atoms with Gasteiger partial charge in [-0.2, -0.15) is 4.98 Å². The van der Waals surface area contributed by atoms with E-state index >= 15 is 0 Å². The number of morpholine rings is 1. The van der Waals surface area contributed by atoms with Crippen LogP contribution in [0.5, 0.6) is 0 Å². The molecule has 1 saturated heterocycles. The predicted octanol–water partition coefficient (Wildman–Crippen LogP) is 2.05. The number of carbonyl (C=O) groups excluding carboxylic acids is 2. The zero-order valence-corrected chi connectivity index (χ0v) is 17.9. The van der Waals surface area contributed by atoms with Crippen LogP contribution in [0.4, 0.5) is 16.3 Å². The van der Waals surface area contributed by atoms with E-state index in [-0.39, 0.29) is 5.28 Å². The Balaban J connectivity index is 1.75. The maximum atomic E-state index is 12.2. The topological polar surface area (TPSA) is 106 Å². The van der Waals surface area contributed by atoms with E-state index in [4.69, 9.17) is 21.1 Å². The molecule has 2 amide bonds. The van der Waals surface area contributed by atoms with Crippen molar-refractivity contribution in [3.63, 3.8) is 0 Å². The summed E-state index contributed by atoms with van der Waals surface area (Å²) < 4.78 is 10.3. The second-order valence-corrected chi connectivity index (χ2v) is 6.93. The number of nitrogens with one attached hydrogen (secondary N) is 2. The highest BCUT2D eigenvalue weighted by atomic mass is 35.5. The van der Waals surface area contributed by atoms with Crippen molar-refractivity contribution in [1.82, 2.24) is 15.3 Å². The van der Waals surface area contributed by atoms with Crippen LogP contribution >= 0.6 is 11.6 Å². The van der Waals surface area contributed by atoms with Gasteiger partial charge >= 0.3 is 6.09 Å². The normalized spacial score (nSPS) is 14.1. The van der Waals surface area contributed by atoms with Crippen LogP contribution in [-0.2, 0) is 14.3 Å². The van der Waals surface area contributed by atoms with Crippen molar-refractivity contribution in [1.29, 1.82) is 0 Å². The average molecular weight is 444 g/mol. The summed E-state index contributed by atoms with van der Waals surface area (Å²) in [6.45, 7) is 4.10. The summed E-state index contributed by atoms with van der Waals surface area (Å²) in [5.74, 6) is 6.37. The number of halogens is 1. The third-order valence-corrected chi connectivity index (χ3v) is 4.56. The smallest absolute Gasteiger partial charge is 0.407 e. The molecule has 1 aliphatic rings. The fraction of sp³-hybridized carbons (Fsp3) is 0.333. The van der Waals surface area contributed by atoms with Crippen LogP contribution in [0.1, 0.15) is 18.1 Å². The van der Waals surface area contributed by atoms with Gasteiger partial charge in [-0.25, -0.2) is 9.78 Å². The fourth-order valence-corrected chi connectivity index (χ4v) is 2.92. The van der Waals surface area contributed by atoms with E-state index < -0.39 is 18.1 Å². The molecule has 1 atom stereocenters. The van der Waals surface area contributed by atoms with Crippen LogP contribution in [0.15, 0.2) is 30.5 Å². The third-order valence-electron chi connectivity index (χ3n) is 4.38. The van der Waals surface area contributed by atoms with Crippen molar-refractivity contribution >= 4 is 35.1 Å². The van der Waals surface area contributed by atoms with Crippen molar-refractivity contribution in [2.24, 2.45) is 0 Å². The molecular weight excluding hydrogens is 422 g/mol. The summed E-state index contributed by atoms with van der Waals surface area (Å²) in [5, 5.41) is 5.16. The molecule has 31 heavy (non-hydrogen) atoms. The molecule has 162 valence electrons. The largest absolute Gasteiger partial charge is 0.436 e. The Hall–Kier alpha value is -3.35. The molecule has 1 fully saturated rings. The molecule has 0 spiro atoms. The molecule has 10 heteroatoms. The quantitative estimate of drug-likeness (QED) is 0.550. The average Bonchev–Trinajstić information content (AvgIpc) is 2.79. The Labute approximate surface area is 185 Å². The summed E-state index contributed by atoms with van der Waals surface area (Å²) in [5.41, 5.74) is 1.86. The van der Waals surface area contributed by atoms with Gasteiger partial charge in [0.15, 0.2) is 6.10 Å². The molecular formula is C21H22ClN5O4. The van der Waals surface area contributed by atoms with E-state index in [1.807, 2.05) is 6.07 Å². The summed E-state index contributed by atoms with van der Waals surface area (Å²) in [6, 6.07) is 7.03. The number of hydrogen-bond donors (Lipinski definition) is 2. The predicted molar refractivity (Wildman–Crippen MR) is 116 cm³/mol. The lowest BCUT2D eigenvalue weighted by Gasteiger charge is -2.28. The molecule has 1 aromatic heterocycles. The van der Waals surface area contributed by atoms with Crippen molar-refractivity contribution in [2.75, 3.05) is 43.6 Å². The molecule has 1 aliphatic heterocycles. The van der Waals surface area contributed by atoms with Crippen LogP contribution in [0.3, 0.4) is 0 Å². The van der Waals surface area contributed by atoms with Gasteiger partial charge in [-0.1, -0.05) is 17.9 Å². The number of aromatic nitrogens is 2. The molecule has 2 heterocycles. The van der Waals surface area contributed by atoms with Crippen molar-refractivity contribution in [2.45, 2.75) is 13.0 Å².